The van der Waals surface area contributed by atoms with Crippen molar-refractivity contribution in [1.82, 2.24) is 5.32 Å². The highest BCUT2D eigenvalue weighted by Crippen LogP contribution is 2.04. The number of hydrogen-bond donors (Lipinski definition) is 3. The molecule has 1 heterocycles. The lowest BCUT2D eigenvalue weighted by molar-refractivity contribution is -0.176. The van der Waals surface area contributed by atoms with Crippen molar-refractivity contribution < 1.29 is 15.3 Å². The van der Waals surface area contributed by atoms with E-state index in [9.17, 15) is 4.79 Å². The fourth-order valence-electron chi connectivity index (χ4n) is 0.348. The first-order chi connectivity index (χ1) is 3.89. The normalized spacial score (nSPS) is 16.5. The lowest BCUT2D eigenvalue weighted by Gasteiger charge is -1.78. The second-order valence-electron chi connectivity index (χ2n) is 1.06. The predicted octanol–water partition coefficient (Wildman–Crippen LogP) is 0.460. The lowest BCUT2D eigenvalue weighted by atomic mass is 10.8. The van der Waals surface area contributed by atoms with Crippen LogP contribution in [0, 0.1) is 0 Å². The van der Waals surface area contributed by atoms with Crippen molar-refractivity contribution in [2.24, 2.45) is 0 Å². The fourth-order valence-corrected chi connectivity index (χ4v) is 0.941. The minimum Gasteiger partial charge on any atom is -0.346 e. The van der Waals surface area contributed by atoms with E-state index in [1.165, 1.54) is 11.8 Å². The number of thioether (sulfide) groups is 1. The van der Waals surface area contributed by atoms with Crippen molar-refractivity contribution in [3.05, 3.63) is 0 Å². The molecule has 48 valence electrons. The molecule has 8 heavy (non-hydrogen) atoms. The molecule has 0 bridgehead atoms. The maximum atomic E-state index is 10.1. The van der Waals surface area contributed by atoms with Crippen LogP contribution in [0.15, 0.2) is 0 Å². The highest BCUT2D eigenvalue weighted by atomic mass is 32.2. The molecule has 1 aliphatic heterocycles. The van der Waals surface area contributed by atoms with E-state index in [2.05, 4.69) is 5.32 Å². The quantitative estimate of drug-likeness (QED) is 0.335. The molecule has 1 aliphatic rings. The number of carbonyl (C=O) groups is 1. The number of nitrogens with one attached hydrogen (secondary N) is 1. The van der Waals surface area contributed by atoms with Crippen LogP contribution in [-0.4, -0.2) is 28.1 Å². The molecule has 0 aliphatic carbocycles. The maximum absolute atomic E-state index is 10.1. The molecule has 3 N–H and O–H groups in total. The van der Waals surface area contributed by atoms with Crippen molar-refractivity contribution in [3.63, 3.8) is 0 Å². The van der Waals surface area contributed by atoms with Gasteiger partial charge in [-0.1, -0.05) is 11.8 Å². The van der Waals surface area contributed by atoms with Gasteiger partial charge in [-0.3, -0.25) is 15.3 Å². The first-order valence-electron chi connectivity index (χ1n) is 2.00. The zero-order valence-corrected chi connectivity index (χ0v) is 4.94. The van der Waals surface area contributed by atoms with Gasteiger partial charge in [0.2, 0.25) is 0 Å². The molecule has 0 aromatic carbocycles. The zero-order chi connectivity index (χ0) is 6.41. The largest absolute Gasteiger partial charge is 0.346 e. The van der Waals surface area contributed by atoms with Crippen LogP contribution < -0.4 is 5.32 Å². The Hall–Kier alpha value is -0.260. The minimum atomic E-state index is 0.120. The number of carbonyl (C=O) groups excluding carboxylic acids is 1. The summed E-state index contributed by atoms with van der Waals surface area (Å²) in [6.07, 6.45) is 0. The molecule has 0 aromatic heterocycles. The van der Waals surface area contributed by atoms with Crippen LogP contribution in [0.2, 0.25) is 0 Å². The highest BCUT2D eigenvalue weighted by Gasteiger charge is 2.06. The molecular weight excluding hydrogens is 130 g/mol. The second-order valence-corrected chi connectivity index (χ2v) is 2.13. The first kappa shape index (κ1) is 7.74. The van der Waals surface area contributed by atoms with Gasteiger partial charge in [-0.15, -0.1) is 0 Å². The van der Waals surface area contributed by atoms with E-state index in [0.717, 1.165) is 12.3 Å². The molecule has 0 radical (unpaired) electrons. The van der Waals surface area contributed by atoms with Crippen LogP contribution in [0.25, 0.3) is 0 Å². The Morgan fingerprint density at radius 3 is 2.38 bits per heavy atom. The van der Waals surface area contributed by atoms with Gasteiger partial charge in [-0.05, 0) is 0 Å². The molecule has 0 atom stereocenters. The molecular formula is C3H7NO3S. The highest BCUT2D eigenvalue weighted by molar-refractivity contribution is 8.13. The van der Waals surface area contributed by atoms with Crippen molar-refractivity contribution in [2.45, 2.75) is 0 Å². The van der Waals surface area contributed by atoms with Gasteiger partial charge in [0, 0.05) is 12.3 Å². The Bertz CT molecular complexity index is 68.9. The van der Waals surface area contributed by atoms with Gasteiger partial charge in [0.15, 0.2) is 0 Å². The maximum Gasteiger partial charge on any atom is 0.279 e. The molecule has 1 fully saturated rings. The molecule has 0 unspecified atom stereocenters. The summed E-state index contributed by atoms with van der Waals surface area (Å²) >= 11 is 1.35. The molecule has 0 aromatic rings. The summed E-state index contributed by atoms with van der Waals surface area (Å²) in [6.45, 7) is 0.851. The van der Waals surface area contributed by atoms with E-state index in [1.54, 1.807) is 0 Å². The Morgan fingerprint density at radius 2 is 2.25 bits per heavy atom. The summed E-state index contributed by atoms with van der Waals surface area (Å²) in [5, 5.41) is 14.8. The molecule has 1 rings (SSSR count). The van der Waals surface area contributed by atoms with E-state index in [-0.39, 0.29) is 5.24 Å². The lowest BCUT2D eigenvalue weighted by Crippen LogP contribution is -2.10. The first-order valence-corrected chi connectivity index (χ1v) is 2.99. The van der Waals surface area contributed by atoms with Crippen molar-refractivity contribution in [2.75, 3.05) is 12.3 Å². The van der Waals surface area contributed by atoms with Crippen molar-refractivity contribution in [1.29, 1.82) is 0 Å². The molecule has 0 spiro atoms. The average Bonchev–Trinajstić information content (AvgIpc) is 2.24. The van der Waals surface area contributed by atoms with Gasteiger partial charge < -0.3 is 5.32 Å². The molecule has 5 heteroatoms. The van der Waals surface area contributed by atoms with E-state index in [1.807, 2.05) is 0 Å². The predicted molar refractivity (Wildman–Crippen MR) is 31.1 cm³/mol. The summed E-state index contributed by atoms with van der Waals surface area (Å²) in [6, 6.07) is 0. The third kappa shape index (κ3) is 2.84. The van der Waals surface area contributed by atoms with Crippen LogP contribution in [0.1, 0.15) is 0 Å². The van der Waals surface area contributed by atoms with Crippen LogP contribution >= 0.6 is 11.8 Å². The minimum absolute atomic E-state index is 0.120. The summed E-state index contributed by atoms with van der Waals surface area (Å²) in [5.41, 5.74) is 0. The summed E-state index contributed by atoms with van der Waals surface area (Å²) in [7, 11) is 0. The van der Waals surface area contributed by atoms with Gasteiger partial charge in [-0.25, -0.2) is 0 Å². The molecule has 1 saturated heterocycles. The van der Waals surface area contributed by atoms with Crippen molar-refractivity contribution >= 4 is 17.0 Å². The second kappa shape index (κ2) is 4.89. The third-order valence-electron chi connectivity index (χ3n) is 0.605. The SMILES string of the molecule is O=C1NCCS1.OO. The number of hydrogen-bond acceptors (Lipinski definition) is 4. The number of rotatable bonds is 0. The van der Waals surface area contributed by atoms with Gasteiger partial charge >= 0.3 is 0 Å². The van der Waals surface area contributed by atoms with Crippen LogP contribution in [0.5, 0.6) is 0 Å². The molecule has 0 saturated carbocycles. The zero-order valence-electron chi connectivity index (χ0n) is 4.13. The number of amides is 1. The van der Waals surface area contributed by atoms with Gasteiger partial charge in [-0.2, -0.15) is 0 Å². The van der Waals surface area contributed by atoms with Gasteiger partial charge in [0.05, 0.1) is 0 Å². The standard InChI is InChI=1S/C3H5NOS.H2O2/c5-3-4-1-2-6-3;1-2/h1-2H2,(H,4,5);1-2H. The smallest absolute Gasteiger partial charge is 0.279 e. The van der Waals surface area contributed by atoms with Crippen LogP contribution in [0.4, 0.5) is 4.79 Å². The van der Waals surface area contributed by atoms with Gasteiger partial charge in [0.1, 0.15) is 0 Å². The van der Waals surface area contributed by atoms with Crippen LogP contribution in [0.3, 0.4) is 0 Å². The average molecular weight is 137 g/mol. The summed E-state index contributed by atoms with van der Waals surface area (Å²) < 4.78 is 0. The Balaban J connectivity index is 0.000000222. The van der Waals surface area contributed by atoms with E-state index < -0.39 is 0 Å². The molecule has 1 amide bonds. The Kier molecular flexibility index (Phi) is 4.73. The summed E-state index contributed by atoms with van der Waals surface area (Å²) in [5.74, 6) is 0.943. The molecule has 4 nitrogen and oxygen atoms in total. The van der Waals surface area contributed by atoms with Gasteiger partial charge in [0.25, 0.3) is 5.24 Å². The summed E-state index contributed by atoms with van der Waals surface area (Å²) in [4.78, 5) is 10.1. The fraction of sp³-hybridized carbons (Fsp3) is 0.667. The third-order valence-corrected chi connectivity index (χ3v) is 1.42. The van der Waals surface area contributed by atoms with E-state index >= 15 is 0 Å². The van der Waals surface area contributed by atoms with Crippen molar-refractivity contribution in [3.8, 4) is 0 Å². The van der Waals surface area contributed by atoms with E-state index in [4.69, 9.17) is 10.5 Å². The van der Waals surface area contributed by atoms with E-state index in [0.29, 0.717) is 0 Å². The Morgan fingerprint density at radius 1 is 1.62 bits per heavy atom. The monoisotopic (exact) mass is 137 g/mol. The topological polar surface area (TPSA) is 69.6 Å². The Labute approximate surface area is 50.8 Å². The van der Waals surface area contributed by atoms with Crippen LogP contribution in [-0.2, 0) is 0 Å².